The summed E-state index contributed by atoms with van der Waals surface area (Å²) in [6.07, 6.45) is 9.64. The molecule has 0 radical (unpaired) electrons. The molecule has 4 nitrogen and oxygen atoms in total. The highest BCUT2D eigenvalue weighted by Gasteiger charge is 2.79. The maximum atomic E-state index is 11.9. The number of likely N-dealkylation sites (tertiary alicyclic amines) is 1. The fraction of sp³-hybridized carbons (Fsp3) is 0.704. The molecular formula is C27H37NO3. The van der Waals surface area contributed by atoms with Crippen LogP contribution in [0.1, 0.15) is 57.6 Å². The van der Waals surface area contributed by atoms with Gasteiger partial charge in [0.1, 0.15) is 17.5 Å². The highest BCUT2D eigenvalue weighted by Crippen LogP contribution is 2.74. The van der Waals surface area contributed by atoms with Crippen LogP contribution in [0.4, 0.5) is 0 Å². The van der Waals surface area contributed by atoms with Gasteiger partial charge in [-0.3, -0.25) is 0 Å². The largest absolute Gasteiger partial charge is 0.486 e. The van der Waals surface area contributed by atoms with Crippen LogP contribution >= 0.6 is 0 Å². The molecule has 2 fully saturated rings. The van der Waals surface area contributed by atoms with E-state index in [2.05, 4.69) is 63.1 Å². The Morgan fingerprint density at radius 3 is 2.87 bits per heavy atom. The average Bonchev–Trinajstić information content (AvgIpc) is 3.11. The molecule has 1 aromatic rings. The molecule has 4 heteroatoms. The van der Waals surface area contributed by atoms with Gasteiger partial charge < -0.3 is 19.5 Å². The van der Waals surface area contributed by atoms with Crippen LogP contribution in [0.2, 0.25) is 0 Å². The molecule has 4 bridgehead atoms. The first-order valence-electron chi connectivity index (χ1n) is 12.2. The Bertz CT molecular complexity index is 954. The molecule has 168 valence electrons. The number of hydrogen-bond donors (Lipinski definition) is 1. The van der Waals surface area contributed by atoms with E-state index in [1.807, 2.05) is 7.11 Å². The van der Waals surface area contributed by atoms with Crippen LogP contribution in [0, 0.1) is 17.3 Å². The molecule has 1 N–H and O–H groups in total. The highest BCUT2D eigenvalue weighted by molar-refractivity contribution is 5.61. The normalized spacial score (nSPS) is 43.6. The van der Waals surface area contributed by atoms with E-state index in [-0.39, 0.29) is 22.9 Å². The highest BCUT2D eigenvalue weighted by atomic mass is 16.6. The first kappa shape index (κ1) is 20.3. The Kier molecular flexibility index (Phi) is 4.02. The molecule has 2 aliphatic heterocycles. The minimum absolute atomic E-state index is 0.0109. The topological polar surface area (TPSA) is 41.9 Å². The molecule has 1 unspecified atom stereocenters. The van der Waals surface area contributed by atoms with E-state index in [0.717, 1.165) is 44.4 Å². The number of likely N-dealkylation sites (N-methyl/N-ethyl adjacent to an activating group) is 1. The Labute approximate surface area is 186 Å². The SMILES string of the molecule is CO[C@]12C=C[C@@]3(C[C@@H]1C(C)(O)CCC(C)C)[C@H]1Cc4cccc5c4[C@@]3(CCN1C)[C@H]2O5. The molecular weight excluding hydrogens is 386 g/mol. The molecule has 1 aromatic carbocycles. The third-order valence-corrected chi connectivity index (χ3v) is 9.95. The Balaban J connectivity index is 1.57. The Morgan fingerprint density at radius 2 is 2.13 bits per heavy atom. The van der Waals surface area contributed by atoms with Crippen molar-refractivity contribution in [3.8, 4) is 5.75 Å². The van der Waals surface area contributed by atoms with E-state index >= 15 is 0 Å². The number of nitrogens with zero attached hydrogens (tertiary/aromatic N) is 1. The molecule has 2 spiro atoms. The smallest absolute Gasteiger partial charge is 0.142 e. The van der Waals surface area contributed by atoms with Crippen molar-refractivity contribution in [2.24, 2.45) is 17.3 Å². The van der Waals surface area contributed by atoms with Crippen molar-refractivity contribution in [1.82, 2.24) is 4.90 Å². The van der Waals surface area contributed by atoms with Gasteiger partial charge in [0.05, 0.1) is 11.0 Å². The number of piperidine rings is 1. The number of methoxy groups -OCH3 is 1. The van der Waals surface area contributed by atoms with Crippen LogP contribution < -0.4 is 4.74 Å². The van der Waals surface area contributed by atoms with E-state index < -0.39 is 11.2 Å². The first-order chi connectivity index (χ1) is 14.7. The van der Waals surface area contributed by atoms with Gasteiger partial charge in [0.15, 0.2) is 0 Å². The van der Waals surface area contributed by atoms with Gasteiger partial charge in [-0.05, 0) is 70.2 Å². The van der Waals surface area contributed by atoms with Crippen LogP contribution in [0.3, 0.4) is 0 Å². The van der Waals surface area contributed by atoms with E-state index in [4.69, 9.17) is 9.47 Å². The van der Waals surface area contributed by atoms with Crippen molar-refractivity contribution in [2.45, 2.75) is 81.6 Å². The minimum atomic E-state index is -0.801. The third-order valence-electron chi connectivity index (χ3n) is 9.95. The maximum absolute atomic E-state index is 11.9. The fourth-order valence-corrected chi connectivity index (χ4v) is 8.48. The molecule has 7 atom stereocenters. The van der Waals surface area contributed by atoms with Crippen molar-refractivity contribution in [3.63, 3.8) is 0 Å². The van der Waals surface area contributed by atoms with Crippen molar-refractivity contribution >= 4 is 0 Å². The van der Waals surface area contributed by atoms with Crippen molar-refractivity contribution in [2.75, 3.05) is 20.7 Å². The summed E-state index contributed by atoms with van der Waals surface area (Å²) >= 11 is 0. The zero-order chi connectivity index (χ0) is 21.8. The van der Waals surface area contributed by atoms with E-state index in [9.17, 15) is 5.11 Å². The zero-order valence-electron chi connectivity index (χ0n) is 19.6. The van der Waals surface area contributed by atoms with Gasteiger partial charge >= 0.3 is 0 Å². The van der Waals surface area contributed by atoms with Crippen molar-refractivity contribution in [1.29, 1.82) is 0 Å². The molecule has 0 aromatic heterocycles. The van der Waals surface area contributed by atoms with Crippen LogP contribution in [0.25, 0.3) is 0 Å². The monoisotopic (exact) mass is 423 g/mol. The van der Waals surface area contributed by atoms with E-state index in [1.54, 1.807) is 0 Å². The number of hydrogen-bond acceptors (Lipinski definition) is 4. The number of fused-ring (bicyclic) bond motifs is 1. The Morgan fingerprint density at radius 1 is 1.32 bits per heavy atom. The van der Waals surface area contributed by atoms with Gasteiger partial charge in [-0.2, -0.15) is 0 Å². The average molecular weight is 424 g/mol. The zero-order valence-corrected chi connectivity index (χ0v) is 19.6. The molecule has 1 saturated heterocycles. The quantitative estimate of drug-likeness (QED) is 0.724. The first-order valence-corrected chi connectivity index (χ1v) is 12.2. The molecule has 4 aliphatic carbocycles. The predicted octanol–water partition coefficient (Wildman–Crippen LogP) is 4.09. The lowest BCUT2D eigenvalue weighted by Crippen LogP contribution is -2.80. The lowest BCUT2D eigenvalue weighted by molar-refractivity contribution is -0.247. The third kappa shape index (κ3) is 2.18. The second-order valence-electron chi connectivity index (χ2n) is 11.7. The second-order valence-corrected chi connectivity index (χ2v) is 11.7. The second kappa shape index (κ2) is 6.15. The van der Waals surface area contributed by atoms with Gasteiger partial charge in [-0.1, -0.05) is 38.1 Å². The molecule has 6 aliphatic rings. The summed E-state index contributed by atoms with van der Waals surface area (Å²) in [4.78, 5) is 2.57. The summed E-state index contributed by atoms with van der Waals surface area (Å²) in [6.45, 7) is 7.61. The van der Waals surface area contributed by atoms with Gasteiger partial charge in [0, 0.05) is 30.0 Å². The van der Waals surface area contributed by atoms with Crippen molar-refractivity contribution in [3.05, 3.63) is 41.5 Å². The van der Waals surface area contributed by atoms with Gasteiger partial charge in [0.25, 0.3) is 0 Å². The summed E-state index contributed by atoms with van der Waals surface area (Å²) in [5, 5.41) is 11.9. The van der Waals surface area contributed by atoms with E-state index in [0.29, 0.717) is 12.0 Å². The minimum Gasteiger partial charge on any atom is -0.486 e. The van der Waals surface area contributed by atoms with Crippen molar-refractivity contribution < 1.29 is 14.6 Å². The summed E-state index contributed by atoms with van der Waals surface area (Å²) in [7, 11) is 4.12. The number of aliphatic hydroxyl groups is 1. The number of benzene rings is 1. The van der Waals surface area contributed by atoms with Crippen LogP contribution in [0.5, 0.6) is 5.75 Å². The van der Waals surface area contributed by atoms with E-state index in [1.165, 1.54) is 11.1 Å². The number of rotatable bonds is 5. The van der Waals surface area contributed by atoms with Gasteiger partial charge in [0.2, 0.25) is 0 Å². The predicted molar refractivity (Wildman–Crippen MR) is 121 cm³/mol. The number of ether oxygens (including phenoxy) is 2. The van der Waals surface area contributed by atoms with Crippen LogP contribution in [-0.2, 0) is 16.6 Å². The lowest BCUT2D eigenvalue weighted by atomic mass is 9.36. The van der Waals surface area contributed by atoms with Gasteiger partial charge in [-0.25, -0.2) is 0 Å². The fourth-order valence-electron chi connectivity index (χ4n) is 8.48. The molecule has 7 rings (SSSR count). The molecule has 2 heterocycles. The standard InChI is InChI=1S/C27H37NO3/c1-17(2)9-10-24(3,29)20-16-25-11-12-27(20,30-5)23-26(25)13-14-28(4)21(25)15-18-7-6-8-19(31-23)22(18)26/h6-8,11-12,17,20-21,23,29H,9-10,13-16H2,1-5H3/t20-,21-,23-,24?,25-,26+,27-/m1/s1. The summed E-state index contributed by atoms with van der Waals surface area (Å²) in [5.74, 6) is 1.64. The molecule has 31 heavy (non-hydrogen) atoms. The summed E-state index contributed by atoms with van der Waals surface area (Å²) in [6, 6.07) is 7.06. The molecule has 1 saturated carbocycles. The summed E-state index contributed by atoms with van der Waals surface area (Å²) in [5.41, 5.74) is 1.44. The maximum Gasteiger partial charge on any atom is 0.142 e. The van der Waals surface area contributed by atoms with Crippen LogP contribution in [0.15, 0.2) is 30.4 Å². The molecule has 0 amide bonds. The van der Waals surface area contributed by atoms with Gasteiger partial charge in [-0.15, -0.1) is 0 Å². The van der Waals surface area contributed by atoms with Crippen LogP contribution in [-0.4, -0.2) is 54.1 Å². The lowest BCUT2D eigenvalue weighted by Gasteiger charge is -2.72. The Hall–Kier alpha value is -1.36. The summed E-state index contributed by atoms with van der Waals surface area (Å²) < 4.78 is 13.3.